The summed E-state index contributed by atoms with van der Waals surface area (Å²) in [6, 6.07) is 9.70. The second-order valence-electron chi connectivity index (χ2n) is 13.5. The van der Waals surface area contributed by atoms with Crippen LogP contribution >= 0.6 is 0 Å². The van der Waals surface area contributed by atoms with Gasteiger partial charge >= 0.3 is 0 Å². The second kappa shape index (κ2) is 13.0. The fourth-order valence-corrected chi connectivity index (χ4v) is 10.2. The zero-order valence-corrected chi connectivity index (χ0v) is 27.7. The lowest BCUT2D eigenvalue weighted by Gasteiger charge is -2.36. The van der Waals surface area contributed by atoms with Crippen LogP contribution in [0.2, 0.25) is 0 Å². The summed E-state index contributed by atoms with van der Waals surface area (Å²) in [5, 5.41) is 7.31. The van der Waals surface area contributed by atoms with Crippen molar-refractivity contribution < 1.29 is 22.4 Å². The molecule has 0 radical (unpaired) electrons. The number of amides is 2. The fraction of sp³-hybridized carbons (Fsp3) is 0.543. The van der Waals surface area contributed by atoms with E-state index in [1.54, 1.807) is 18.2 Å². The van der Waals surface area contributed by atoms with E-state index in [0.29, 0.717) is 53.7 Å². The number of aromatic nitrogens is 1. The van der Waals surface area contributed by atoms with Gasteiger partial charge in [0.15, 0.2) is 0 Å². The summed E-state index contributed by atoms with van der Waals surface area (Å²) in [5.74, 6) is -0.974. The maximum atomic E-state index is 14.5. The van der Waals surface area contributed by atoms with Crippen LogP contribution in [-0.2, 0) is 21.2 Å². The zero-order valence-electron chi connectivity index (χ0n) is 26.9. The number of likely N-dealkylation sites (tertiary alicyclic amines) is 1. The molecule has 2 aliphatic heterocycles. The molecule has 2 aromatic carbocycles. The number of hydrogen-bond acceptors (Lipinski definition) is 6. The molecule has 9 nitrogen and oxygen atoms in total. The Morgan fingerprint density at radius 3 is 2.41 bits per heavy atom. The lowest BCUT2D eigenvalue weighted by atomic mass is 9.78. The van der Waals surface area contributed by atoms with Crippen LogP contribution in [0.15, 0.2) is 36.4 Å². The molecule has 2 amide bonds. The summed E-state index contributed by atoms with van der Waals surface area (Å²) in [6.45, 7) is 7.84. The van der Waals surface area contributed by atoms with Gasteiger partial charge in [-0.05, 0) is 112 Å². The predicted molar refractivity (Wildman–Crippen MR) is 180 cm³/mol. The van der Waals surface area contributed by atoms with Crippen molar-refractivity contribution in [2.75, 3.05) is 37.2 Å². The molecule has 0 spiro atoms. The van der Waals surface area contributed by atoms with Gasteiger partial charge in [0.2, 0.25) is 15.9 Å². The van der Waals surface area contributed by atoms with Gasteiger partial charge in [0.1, 0.15) is 5.82 Å². The van der Waals surface area contributed by atoms with Crippen molar-refractivity contribution in [3.05, 3.63) is 53.5 Å². The highest BCUT2D eigenvalue weighted by molar-refractivity contribution is 7.90. The number of halogens is 1. The molecular weight excluding hydrogens is 605 g/mol. The second-order valence-corrected chi connectivity index (χ2v) is 15.4. The van der Waals surface area contributed by atoms with Gasteiger partial charge in [-0.15, -0.1) is 0 Å². The number of rotatable bonds is 10. The van der Waals surface area contributed by atoms with Gasteiger partial charge in [-0.25, -0.2) is 16.8 Å². The summed E-state index contributed by atoms with van der Waals surface area (Å²) in [6.07, 6.45) is 7.43. The van der Waals surface area contributed by atoms with Crippen molar-refractivity contribution in [1.29, 1.82) is 0 Å². The van der Waals surface area contributed by atoms with Crippen molar-refractivity contribution in [1.82, 2.24) is 14.2 Å². The van der Waals surface area contributed by atoms with Gasteiger partial charge in [0.05, 0.1) is 16.8 Å². The first-order valence-corrected chi connectivity index (χ1v) is 18.4. The van der Waals surface area contributed by atoms with E-state index < -0.39 is 27.2 Å². The average Bonchev–Trinajstić information content (AvgIpc) is 3.66. The Bertz CT molecular complexity index is 1730. The summed E-state index contributed by atoms with van der Waals surface area (Å²) in [4.78, 5) is 27.8. The standard InChI is InChI=1S/C35H46FN5O4S/c1-3-35(4-2)21-31-32(28-14-10-25(36)20-30(28)41(31)46(44,45)22-35)24-9-13-27(33(37)42)29(19-24)39-26-11-7-23(8-12-26)34(43)38-15-18-40-16-5-6-17-40/h9-10,13-14,19-20,23,26,39H,3-8,11-12,15-18,21-22H2,1-2H3,(H2,37,42)(H,38,43). The first kappa shape index (κ1) is 32.5. The van der Waals surface area contributed by atoms with E-state index in [1.165, 1.54) is 28.9 Å². The molecule has 11 heteroatoms. The number of anilines is 1. The Morgan fingerprint density at radius 2 is 1.74 bits per heavy atom. The molecule has 46 heavy (non-hydrogen) atoms. The number of primary amides is 1. The molecule has 248 valence electrons. The Morgan fingerprint density at radius 1 is 1.02 bits per heavy atom. The van der Waals surface area contributed by atoms with Crippen molar-refractivity contribution in [2.24, 2.45) is 17.1 Å². The molecule has 0 atom stereocenters. The average molecular weight is 652 g/mol. The van der Waals surface area contributed by atoms with E-state index in [4.69, 9.17) is 5.73 Å². The molecule has 0 unspecified atom stereocenters. The third-order valence-corrected chi connectivity index (χ3v) is 12.7. The third kappa shape index (κ3) is 6.28. The molecule has 6 rings (SSSR count). The van der Waals surface area contributed by atoms with E-state index in [0.717, 1.165) is 56.4 Å². The Balaban J connectivity index is 1.27. The van der Waals surface area contributed by atoms with Crippen LogP contribution in [0, 0.1) is 17.2 Å². The third-order valence-electron chi connectivity index (χ3n) is 10.7. The van der Waals surface area contributed by atoms with Gasteiger partial charge in [-0.2, -0.15) is 0 Å². The van der Waals surface area contributed by atoms with Crippen LogP contribution in [0.1, 0.15) is 81.3 Å². The molecule has 3 aliphatic rings. The number of nitrogens with one attached hydrogen (secondary N) is 2. The van der Waals surface area contributed by atoms with E-state index in [2.05, 4.69) is 15.5 Å². The zero-order chi connectivity index (χ0) is 32.6. The Labute approximate surface area is 271 Å². The van der Waals surface area contributed by atoms with Crippen molar-refractivity contribution >= 4 is 38.4 Å². The summed E-state index contributed by atoms with van der Waals surface area (Å²) in [7, 11) is -3.76. The topological polar surface area (TPSA) is 127 Å². The lowest BCUT2D eigenvalue weighted by molar-refractivity contribution is -0.126. The van der Waals surface area contributed by atoms with E-state index in [-0.39, 0.29) is 23.6 Å². The molecule has 1 saturated carbocycles. The van der Waals surface area contributed by atoms with Gasteiger partial charge in [-0.3, -0.25) is 9.59 Å². The van der Waals surface area contributed by atoms with Gasteiger partial charge < -0.3 is 21.3 Å². The number of benzene rings is 2. The number of hydrogen-bond donors (Lipinski definition) is 3. The van der Waals surface area contributed by atoms with Crippen LogP contribution in [0.4, 0.5) is 10.1 Å². The SMILES string of the molecule is CCC1(CC)Cc2c(-c3ccc(C(N)=O)c(NC4CCC(C(=O)NCCN5CCCC5)CC4)c3)c3ccc(F)cc3n2S(=O)(=O)C1. The number of carbonyl (C=O) groups is 2. The first-order valence-electron chi connectivity index (χ1n) is 16.8. The minimum atomic E-state index is -3.76. The molecule has 1 saturated heterocycles. The van der Waals surface area contributed by atoms with Crippen LogP contribution in [0.5, 0.6) is 0 Å². The van der Waals surface area contributed by atoms with Crippen LogP contribution in [-0.4, -0.2) is 67.1 Å². The van der Waals surface area contributed by atoms with E-state index in [9.17, 15) is 22.4 Å². The molecule has 4 N–H and O–H groups in total. The maximum absolute atomic E-state index is 14.5. The van der Waals surface area contributed by atoms with Crippen LogP contribution in [0.25, 0.3) is 22.0 Å². The highest BCUT2D eigenvalue weighted by atomic mass is 32.2. The smallest absolute Gasteiger partial charge is 0.250 e. The van der Waals surface area contributed by atoms with Crippen molar-refractivity contribution in [2.45, 2.75) is 77.7 Å². The van der Waals surface area contributed by atoms with Crippen LogP contribution in [0.3, 0.4) is 0 Å². The normalized spacial score (nSPS) is 22.4. The Hall–Kier alpha value is -3.44. The minimum absolute atomic E-state index is 0.00624. The minimum Gasteiger partial charge on any atom is -0.382 e. The van der Waals surface area contributed by atoms with Gasteiger partial charge in [0.25, 0.3) is 5.91 Å². The molecular formula is C35H46FN5O4S. The molecule has 3 heterocycles. The van der Waals surface area contributed by atoms with E-state index >= 15 is 0 Å². The van der Waals surface area contributed by atoms with Crippen molar-refractivity contribution in [3.8, 4) is 11.1 Å². The highest BCUT2D eigenvalue weighted by Crippen LogP contribution is 2.46. The predicted octanol–water partition coefficient (Wildman–Crippen LogP) is 5.27. The summed E-state index contributed by atoms with van der Waals surface area (Å²) < 4.78 is 43.4. The number of nitrogens with two attached hydrogens (primary N) is 1. The lowest BCUT2D eigenvalue weighted by Crippen LogP contribution is -2.40. The summed E-state index contributed by atoms with van der Waals surface area (Å²) in [5.41, 5.74) is 8.75. The quantitative estimate of drug-likeness (QED) is 0.274. The van der Waals surface area contributed by atoms with Crippen LogP contribution < -0.4 is 16.4 Å². The van der Waals surface area contributed by atoms with Gasteiger partial charge in [0, 0.05) is 47.4 Å². The number of fused-ring (bicyclic) bond motifs is 3. The Kier molecular flexibility index (Phi) is 9.17. The maximum Gasteiger partial charge on any atom is 0.250 e. The molecule has 0 bridgehead atoms. The highest BCUT2D eigenvalue weighted by Gasteiger charge is 2.42. The number of carbonyl (C=O) groups excluding carboxylic acids is 2. The van der Waals surface area contributed by atoms with Crippen molar-refractivity contribution in [3.63, 3.8) is 0 Å². The molecule has 1 aliphatic carbocycles. The molecule has 1 aromatic heterocycles. The largest absolute Gasteiger partial charge is 0.382 e. The monoisotopic (exact) mass is 651 g/mol. The first-order chi connectivity index (χ1) is 22.0. The number of nitrogens with zero attached hydrogens (tertiary/aromatic N) is 2. The molecule has 3 aromatic rings. The van der Waals surface area contributed by atoms with E-state index in [1.807, 2.05) is 19.9 Å². The van der Waals surface area contributed by atoms with Gasteiger partial charge in [-0.1, -0.05) is 19.9 Å². The fourth-order valence-electron chi connectivity index (χ4n) is 7.89. The summed E-state index contributed by atoms with van der Waals surface area (Å²) >= 11 is 0. The molecule has 2 fully saturated rings.